The second-order valence-electron chi connectivity index (χ2n) is 13.0. The van der Waals surface area contributed by atoms with Gasteiger partial charge in [-0.2, -0.15) is 0 Å². The number of furan rings is 1. The highest BCUT2D eigenvalue weighted by Crippen LogP contribution is 2.43. The Balaban J connectivity index is 0.00000166. The van der Waals surface area contributed by atoms with Gasteiger partial charge in [0, 0.05) is 32.7 Å². The molecule has 0 aliphatic rings. The van der Waals surface area contributed by atoms with Crippen molar-refractivity contribution in [2.45, 2.75) is 13.8 Å². The molecule has 3 aromatic heterocycles. The molecule has 11 rings (SSSR count). The normalized spacial score (nSPS) is 11.7. The molecule has 0 spiro atoms. The molecule has 8 aromatic carbocycles. The van der Waals surface area contributed by atoms with Crippen LogP contribution >= 0.6 is 0 Å². The quantitative estimate of drug-likeness (QED) is 0.188. The number of hydrogen-bond acceptors (Lipinski definition) is 3. The second kappa shape index (κ2) is 11.9. The minimum atomic E-state index is 0.804. The molecule has 0 N–H and O–H groups in total. The molecule has 246 valence electrons. The van der Waals surface area contributed by atoms with E-state index in [1.165, 1.54) is 32.3 Å². The van der Waals surface area contributed by atoms with E-state index in [1.54, 1.807) is 0 Å². The average molecular weight is 668 g/mol. The first-order chi connectivity index (χ1) is 25.8. The van der Waals surface area contributed by atoms with Crippen molar-refractivity contribution in [3.63, 3.8) is 0 Å². The fraction of sp³-hybridized carbons (Fsp3) is 0.0417. The Kier molecular flexibility index (Phi) is 6.90. The molecule has 0 aliphatic heterocycles. The Labute approximate surface area is 300 Å². The van der Waals surface area contributed by atoms with Crippen molar-refractivity contribution in [3.05, 3.63) is 164 Å². The molecular weight excluding hydrogens is 635 g/mol. The van der Waals surface area contributed by atoms with E-state index in [9.17, 15) is 0 Å². The molecule has 0 saturated carbocycles. The molecule has 0 bridgehead atoms. The standard InChI is InChI=1S/C46H27N3O.C2H6/c1-2-12-29(13-3-1)44-46(48-39-20-9-8-19-38(39)47-44)49-40-27-31-15-5-4-14-30(31)25-36(40)35-18-10-17-34(45(35)49)32-22-23-41-37(26-32)43-33-16-7-6-11-28(33)21-24-42(43)50-41;1-2/h1-27H;1-2H3. The molecule has 0 fully saturated rings. The summed E-state index contributed by atoms with van der Waals surface area (Å²) in [6.45, 7) is 4.00. The summed E-state index contributed by atoms with van der Waals surface area (Å²) in [5.74, 6) is 0.804. The Morgan fingerprint density at radius 2 is 1.13 bits per heavy atom. The van der Waals surface area contributed by atoms with Crippen LogP contribution < -0.4 is 0 Å². The van der Waals surface area contributed by atoms with Gasteiger partial charge in [-0.3, -0.25) is 4.57 Å². The number of hydrogen-bond donors (Lipinski definition) is 0. The number of para-hydroxylation sites is 3. The van der Waals surface area contributed by atoms with Crippen LogP contribution in [-0.4, -0.2) is 14.5 Å². The topological polar surface area (TPSA) is 43.9 Å². The summed E-state index contributed by atoms with van der Waals surface area (Å²) in [5.41, 5.74) is 9.78. The molecule has 4 heteroatoms. The van der Waals surface area contributed by atoms with Gasteiger partial charge < -0.3 is 4.42 Å². The highest BCUT2D eigenvalue weighted by atomic mass is 16.3. The van der Waals surface area contributed by atoms with E-state index in [1.807, 2.05) is 44.2 Å². The highest BCUT2D eigenvalue weighted by Gasteiger charge is 2.23. The number of benzene rings is 8. The number of rotatable bonds is 3. The van der Waals surface area contributed by atoms with Crippen molar-refractivity contribution in [3.8, 4) is 28.2 Å². The number of fused-ring (bicyclic) bond motifs is 10. The van der Waals surface area contributed by atoms with Crippen LogP contribution in [0.25, 0.3) is 105 Å². The lowest BCUT2D eigenvalue weighted by atomic mass is 9.98. The van der Waals surface area contributed by atoms with Gasteiger partial charge in [-0.15, -0.1) is 0 Å². The van der Waals surface area contributed by atoms with E-state index < -0.39 is 0 Å². The van der Waals surface area contributed by atoms with Crippen LogP contribution in [0.1, 0.15) is 13.8 Å². The zero-order chi connectivity index (χ0) is 34.8. The van der Waals surface area contributed by atoms with Gasteiger partial charge in [0.25, 0.3) is 0 Å². The second-order valence-corrected chi connectivity index (χ2v) is 13.0. The Bertz CT molecular complexity index is 3150. The summed E-state index contributed by atoms with van der Waals surface area (Å²) < 4.78 is 8.75. The Morgan fingerprint density at radius 3 is 1.96 bits per heavy atom. The fourth-order valence-electron chi connectivity index (χ4n) is 7.86. The summed E-state index contributed by atoms with van der Waals surface area (Å²) in [6.07, 6.45) is 0. The van der Waals surface area contributed by atoms with E-state index in [4.69, 9.17) is 14.4 Å². The lowest BCUT2D eigenvalue weighted by Crippen LogP contribution is -2.04. The van der Waals surface area contributed by atoms with Crippen molar-refractivity contribution >= 4 is 76.3 Å². The van der Waals surface area contributed by atoms with Gasteiger partial charge in [0.15, 0.2) is 5.82 Å². The third-order valence-corrected chi connectivity index (χ3v) is 10.1. The smallest absolute Gasteiger partial charge is 0.165 e. The first-order valence-electron chi connectivity index (χ1n) is 17.9. The van der Waals surface area contributed by atoms with Gasteiger partial charge in [0.1, 0.15) is 16.9 Å². The number of aromatic nitrogens is 3. The van der Waals surface area contributed by atoms with E-state index in [0.717, 1.165) is 72.2 Å². The molecule has 0 unspecified atom stereocenters. The van der Waals surface area contributed by atoms with Crippen molar-refractivity contribution in [2.24, 2.45) is 0 Å². The molecule has 4 nitrogen and oxygen atoms in total. The number of nitrogens with zero attached hydrogens (tertiary/aromatic N) is 3. The first-order valence-corrected chi connectivity index (χ1v) is 17.9. The minimum absolute atomic E-state index is 0.804. The fourth-order valence-corrected chi connectivity index (χ4v) is 7.86. The molecule has 0 aliphatic carbocycles. The van der Waals surface area contributed by atoms with E-state index in [-0.39, 0.29) is 0 Å². The van der Waals surface area contributed by atoms with Crippen LogP contribution in [0.4, 0.5) is 0 Å². The zero-order valence-corrected chi connectivity index (χ0v) is 28.8. The van der Waals surface area contributed by atoms with Crippen LogP contribution in [0.5, 0.6) is 0 Å². The maximum atomic E-state index is 6.41. The molecule has 3 heterocycles. The third kappa shape index (κ3) is 4.54. The van der Waals surface area contributed by atoms with Gasteiger partial charge in [0.05, 0.1) is 22.1 Å². The van der Waals surface area contributed by atoms with E-state index >= 15 is 0 Å². The minimum Gasteiger partial charge on any atom is -0.456 e. The van der Waals surface area contributed by atoms with Gasteiger partial charge in [0.2, 0.25) is 0 Å². The molecular formula is C48H33N3O. The Morgan fingerprint density at radius 1 is 0.462 bits per heavy atom. The summed E-state index contributed by atoms with van der Waals surface area (Å²) in [7, 11) is 0. The van der Waals surface area contributed by atoms with E-state index in [0.29, 0.717) is 0 Å². The molecule has 0 atom stereocenters. The van der Waals surface area contributed by atoms with Crippen LogP contribution in [0, 0.1) is 0 Å². The van der Waals surface area contributed by atoms with Crippen LogP contribution in [0.3, 0.4) is 0 Å². The lowest BCUT2D eigenvalue weighted by molar-refractivity contribution is 0.669. The molecule has 0 amide bonds. The van der Waals surface area contributed by atoms with Crippen LogP contribution in [0.2, 0.25) is 0 Å². The maximum Gasteiger partial charge on any atom is 0.165 e. The van der Waals surface area contributed by atoms with Gasteiger partial charge in [-0.25, -0.2) is 9.97 Å². The first kappa shape index (κ1) is 30.1. The highest BCUT2D eigenvalue weighted by molar-refractivity contribution is 6.21. The summed E-state index contributed by atoms with van der Waals surface area (Å²) in [4.78, 5) is 10.7. The van der Waals surface area contributed by atoms with Gasteiger partial charge in [-0.1, -0.05) is 135 Å². The molecule has 0 saturated heterocycles. The molecule has 11 aromatic rings. The van der Waals surface area contributed by atoms with Crippen molar-refractivity contribution in [1.29, 1.82) is 0 Å². The monoisotopic (exact) mass is 667 g/mol. The van der Waals surface area contributed by atoms with Crippen molar-refractivity contribution < 1.29 is 4.42 Å². The predicted octanol–water partition coefficient (Wildman–Crippen LogP) is 13.3. The van der Waals surface area contributed by atoms with Gasteiger partial charge >= 0.3 is 0 Å². The Hall–Kier alpha value is -6.78. The molecule has 0 radical (unpaired) electrons. The summed E-state index contributed by atoms with van der Waals surface area (Å²) in [5, 5.41) is 9.37. The third-order valence-electron chi connectivity index (χ3n) is 10.1. The maximum absolute atomic E-state index is 6.41. The van der Waals surface area contributed by atoms with Gasteiger partial charge in [-0.05, 0) is 69.6 Å². The largest absolute Gasteiger partial charge is 0.456 e. The summed E-state index contributed by atoms with van der Waals surface area (Å²) in [6, 6.07) is 57.8. The van der Waals surface area contributed by atoms with Crippen molar-refractivity contribution in [1.82, 2.24) is 14.5 Å². The SMILES string of the molecule is CC.c1ccc(-c2nc3ccccc3nc2-n2c3cc4ccccc4cc3c3cccc(-c4ccc5oc6ccc7ccccc7c6c5c4)c32)cc1. The predicted molar refractivity (Wildman–Crippen MR) is 218 cm³/mol. The lowest BCUT2D eigenvalue weighted by Gasteiger charge is -2.15. The van der Waals surface area contributed by atoms with E-state index in [2.05, 4.69) is 138 Å². The van der Waals surface area contributed by atoms with Crippen molar-refractivity contribution in [2.75, 3.05) is 0 Å². The summed E-state index contributed by atoms with van der Waals surface area (Å²) >= 11 is 0. The van der Waals surface area contributed by atoms with Crippen LogP contribution in [-0.2, 0) is 0 Å². The van der Waals surface area contributed by atoms with Crippen LogP contribution in [0.15, 0.2) is 168 Å². The zero-order valence-electron chi connectivity index (χ0n) is 28.8. The average Bonchev–Trinajstić information content (AvgIpc) is 3.75. The molecule has 52 heavy (non-hydrogen) atoms.